The maximum Gasteiger partial charge on any atom is 0.318 e. The van der Waals surface area contributed by atoms with Gasteiger partial charge in [-0.2, -0.15) is 0 Å². The van der Waals surface area contributed by atoms with Gasteiger partial charge in [-0.1, -0.05) is 0 Å². The highest BCUT2D eigenvalue weighted by Crippen LogP contribution is 2.17. The van der Waals surface area contributed by atoms with E-state index in [9.17, 15) is 9.59 Å². The van der Waals surface area contributed by atoms with E-state index in [1.807, 2.05) is 26.0 Å². The van der Waals surface area contributed by atoms with Gasteiger partial charge in [-0.3, -0.25) is 4.79 Å². The largest absolute Gasteiger partial charge is 0.464 e. The van der Waals surface area contributed by atoms with Gasteiger partial charge in [0.2, 0.25) is 5.91 Å². The molecule has 0 unspecified atom stereocenters. The lowest BCUT2D eigenvalue weighted by Crippen LogP contribution is -2.52. The maximum absolute atomic E-state index is 12.3. The van der Waals surface area contributed by atoms with Gasteiger partial charge in [0.25, 0.3) is 0 Å². The zero-order valence-corrected chi connectivity index (χ0v) is 12.8. The zero-order chi connectivity index (χ0) is 15.4. The molecule has 116 valence electrons. The van der Waals surface area contributed by atoms with Crippen LogP contribution < -0.4 is 10.6 Å². The fourth-order valence-corrected chi connectivity index (χ4v) is 2.60. The van der Waals surface area contributed by atoms with Crippen LogP contribution in [0.25, 0.3) is 0 Å². The third kappa shape index (κ3) is 4.24. The molecule has 0 aliphatic carbocycles. The highest BCUT2D eigenvalue weighted by Gasteiger charge is 2.25. The number of carbonyl (C=O) groups excluding carboxylic acids is 2. The van der Waals surface area contributed by atoms with Gasteiger partial charge in [0, 0.05) is 26.1 Å². The summed E-state index contributed by atoms with van der Waals surface area (Å²) in [7, 11) is 0. The van der Waals surface area contributed by atoms with Gasteiger partial charge in [0.1, 0.15) is 11.5 Å². The van der Waals surface area contributed by atoms with Crippen LogP contribution in [0.1, 0.15) is 44.3 Å². The molecule has 2 N–H and O–H groups in total. The zero-order valence-electron chi connectivity index (χ0n) is 12.8. The first-order chi connectivity index (χ1) is 9.95. The highest BCUT2D eigenvalue weighted by molar-refractivity contribution is 5.75. The minimum Gasteiger partial charge on any atom is -0.464 e. The average molecular weight is 293 g/mol. The molecule has 0 radical (unpaired) electrons. The lowest BCUT2D eigenvalue weighted by Gasteiger charge is -2.33. The molecule has 6 heteroatoms. The summed E-state index contributed by atoms with van der Waals surface area (Å²) in [5.74, 6) is 1.52. The molecule has 0 bridgehead atoms. The number of hydrogen-bond acceptors (Lipinski definition) is 3. The normalized spacial score (nSPS) is 20.0. The Morgan fingerprint density at radius 2 is 2.19 bits per heavy atom. The van der Waals surface area contributed by atoms with E-state index in [1.54, 1.807) is 4.90 Å². The number of likely N-dealkylation sites (tertiary alicyclic amines) is 1. The van der Waals surface area contributed by atoms with Gasteiger partial charge >= 0.3 is 6.03 Å². The monoisotopic (exact) mass is 293 g/mol. The second kappa shape index (κ2) is 6.65. The van der Waals surface area contributed by atoms with Gasteiger partial charge in [0.05, 0.1) is 6.04 Å². The number of urea groups is 1. The Balaban J connectivity index is 1.89. The molecule has 2 rings (SSSR count). The van der Waals surface area contributed by atoms with Crippen molar-refractivity contribution in [2.75, 3.05) is 13.1 Å². The van der Waals surface area contributed by atoms with Crippen molar-refractivity contribution in [3.8, 4) is 0 Å². The molecule has 6 nitrogen and oxygen atoms in total. The minimum absolute atomic E-state index is 0.0446. The molecule has 2 heterocycles. The third-order valence-corrected chi connectivity index (χ3v) is 3.64. The first-order valence-electron chi connectivity index (χ1n) is 7.34. The summed E-state index contributed by atoms with van der Waals surface area (Å²) in [5.41, 5.74) is 0. The van der Waals surface area contributed by atoms with Crippen molar-refractivity contribution in [3.63, 3.8) is 0 Å². The number of amides is 3. The fourth-order valence-electron chi connectivity index (χ4n) is 2.60. The molecule has 3 amide bonds. The van der Waals surface area contributed by atoms with Crippen LogP contribution in [0.3, 0.4) is 0 Å². The van der Waals surface area contributed by atoms with Crippen LogP contribution in [0.15, 0.2) is 16.5 Å². The summed E-state index contributed by atoms with van der Waals surface area (Å²) in [6.45, 7) is 6.54. The van der Waals surface area contributed by atoms with Gasteiger partial charge in [-0.25, -0.2) is 4.79 Å². The predicted octanol–water partition coefficient (Wildman–Crippen LogP) is 1.96. The van der Waals surface area contributed by atoms with E-state index in [0.29, 0.717) is 13.1 Å². The number of furan rings is 1. The van der Waals surface area contributed by atoms with Gasteiger partial charge < -0.3 is 20.0 Å². The smallest absolute Gasteiger partial charge is 0.318 e. The molecule has 1 aromatic rings. The average Bonchev–Trinajstić information content (AvgIpc) is 2.85. The molecular weight excluding hydrogens is 270 g/mol. The number of nitrogens with one attached hydrogen (secondary N) is 2. The summed E-state index contributed by atoms with van der Waals surface area (Å²) in [5, 5.41) is 5.81. The molecule has 0 aromatic carbocycles. The summed E-state index contributed by atoms with van der Waals surface area (Å²) >= 11 is 0. The van der Waals surface area contributed by atoms with Crippen molar-refractivity contribution < 1.29 is 14.0 Å². The number of carbonyl (C=O) groups is 2. The maximum atomic E-state index is 12.3. The van der Waals surface area contributed by atoms with Crippen LogP contribution in [0.2, 0.25) is 0 Å². The summed E-state index contributed by atoms with van der Waals surface area (Å²) in [6, 6.07) is 3.50. The molecule has 1 aliphatic heterocycles. The summed E-state index contributed by atoms with van der Waals surface area (Å²) in [6.07, 6.45) is 1.81. The first-order valence-corrected chi connectivity index (χ1v) is 7.34. The Morgan fingerprint density at radius 3 is 2.81 bits per heavy atom. The van der Waals surface area contributed by atoms with Crippen LogP contribution in [0, 0.1) is 6.92 Å². The third-order valence-electron chi connectivity index (χ3n) is 3.64. The van der Waals surface area contributed by atoms with Gasteiger partial charge in [-0.05, 0) is 38.8 Å². The van der Waals surface area contributed by atoms with Crippen molar-refractivity contribution >= 4 is 11.9 Å². The molecular formula is C15H23N3O3. The summed E-state index contributed by atoms with van der Waals surface area (Å²) < 4.78 is 5.52. The molecule has 21 heavy (non-hydrogen) atoms. The Morgan fingerprint density at radius 1 is 1.43 bits per heavy atom. The topological polar surface area (TPSA) is 74.6 Å². The Kier molecular flexibility index (Phi) is 4.88. The fraction of sp³-hybridized carbons (Fsp3) is 0.600. The van der Waals surface area contributed by atoms with E-state index in [2.05, 4.69) is 10.6 Å². The molecule has 1 saturated heterocycles. The Labute approximate surface area is 124 Å². The van der Waals surface area contributed by atoms with E-state index in [-0.39, 0.29) is 24.0 Å². The van der Waals surface area contributed by atoms with Crippen LogP contribution in [-0.2, 0) is 4.79 Å². The molecule has 1 aromatic heterocycles. The van der Waals surface area contributed by atoms with Gasteiger partial charge in [-0.15, -0.1) is 0 Å². The van der Waals surface area contributed by atoms with E-state index < -0.39 is 0 Å². The van der Waals surface area contributed by atoms with Gasteiger partial charge in [0.15, 0.2) is 0 Å². The number of aryl methyl sites for hydroxylation is 1. The van der Waals surface area contributed by atoms with E-state index in [0.717, 1.165) is 24.4 Å². The van der Waals surface area contributed by atoms with Crippen LogP contribution in [0.5, 0.6) is 0 Å². The summed E-state index contributed by atoms with van der Waals surface area (Å²) in [4.78, 5) is 25.1. The highest BCUT2D eigenvalue weighted by atomic mass is 16.3. The number of nitrogens with zero attached hydrogens (tertiary/aromatic N) is 1. The van der Waals surface area contributed by atoms with E-state index >= 15 is 0 Å². The molecule has 1 fully saturated rings. The van der Waals surface area contributed by atoms with Crippen molar-refractivity contribution in [2.24, 2.45) is 0 Å². The van der Waals surface area contributed by atoms with E-state index in [4.69, 9.17) is 4.42 Å². The molecule has 2 atom stereocenters. The number of hydrogen-bond donors (Lipinski definition) is 2. The SMILES string of the molecule is CC(=O)N[C@@H]1CCCN(C(=O)N[C@H](C)c2ccc(C)o2)C1. The van der Waals surface area contributed by atoms with Crippen molar-refractivity contribution in [3.05, 3.63) is 23.7 Å². The molecule has 0 spiro atoms. The van der Waals surface area contributed by atoms with Crippen LogP contribution in [-0.4, -0.2) is 36.0 Å². The predicted molar refractivity (Wildman–Crippen MR) is 78.8 cm³/mol. The Hall–Kier alpha value is -1.98. The molecule has 0 saturated carbocycles. The van der Waals surface area contributed by atoms with E-state index in [1.165, 1.54) is 6.92 Å². The number of rotatable bonds is 3. The second-order valence-electron chi connectivity index (χ2n) is 5.61. The lowest BCUT2D eigenvalue weighted by atomic mass is 10.1. The van der Waals surface area contributed by atoms with Crippen molar-refractivity contribution in [1.29, 1.82) is 0 Å². The standard InChI is InChI=1S/C15H23N3O3/c1-10-6-7-14(21-10)11(2)16-15(20)18-8-4-5-13(9-18)17-12(3)19/h6-7,11,13H,4-5,8-9H2,1-3H3,(H,16,20)(H,17,19)/t11-,13-/m1/s1. The second-order valence-corrected chi connectivity index (χ2v) is 5.61. The quantitative estimate of drug-likeness (QED) is 0.894. The number of piperidine rings is 1. The molecule has 1 aliphatic rings. The van der Waals surface area contributed by atoms with Crippen molar-refractivity contribution in [2.45, 2.75) is 45.7 Å². The first kappa shape index (κ1) is 15.4. The lowest BCUT2D eigenvalue weighted by molar-refractivity contribution is -0.119. The van der Waals surface area contributed by atoms with Crippen LogP contribution in [0.4, 0.5) is 4.79 Å². The van der Waals surface area contributed by atoms with Crippen LogP contribution >= 0.6 is 0 Å². The minimum atomic E-state index is -0.174. The Bertz CT molecular complexity index is 512. The van der Waals surface area contributed by atoms with Crippen molar-refractivity contribution in [1.82, 2.24) is 15.5 Å².